The van der Waals surface area contributed by atoms with Crippen molar-refractivity contribution in [3.8, 4) is 5.88 Å². The van der Waals surface area contributed by atoms with Crippen LogP contribution in [0.1, 0.15) is 39.6 Å². The van der Waals surface area contributed by atoms with Gasteiger partial charge in [-0.3, -0.25) is 9.59 Å². The first kappa shape index (κ1) is 17.5. The van der Waals surface area contributed by atoms with Crippen molar-refractivity contribution >= 4 is 17.5 Å². The zero-order valence-electron chi connectivity index (χ0n) is 14.1. The number of carbonyl (C=O) groups is 2. The van der Waals surface area contributed by atoms with Crippen LogP contribution in [0.25, 0.3) is 0 Å². The molecule has 1 heterocycles. The number of amides is 2. The van der Waals surface area contributed by atoms with Crippen molar-refractivity contribution in [3.63, 3.8) is 0 Å². The number of rotatable bonds is 6. The molecule has 2 aromatic rings. The summed E-state index contributed by atoms with van der Waals surface area (Å²) in [6.45, 7) is 4.48. The van der Waals surface area contributed by atoms with Gasteiger partial charge in [0.2, 0.25) is 5.88 Å². The minimum atomic E-state index is -0.292. The Morgan fingerprint density at radius 3 is 2.50 bits per heavy atom. The van der Waals surface area contributed by atoms with Crippen LogP contribution in [-0.2, 0) is 0 Å². The molecule has 0 saturated heterocycles. The fourth-order valence-electron chi connectivity index (χ4n) is 2.07. The van der Waals surface area contributed by atoms with Crippen molar-refractivity contribution in [3.05, 3.63) is 53.2 Å². The lowest BCUT2D eigenvalue weighted by Crippen LogP contribution is -2.24. The summed E-state index contributed by atoms with van der Waals surface area (Å²) in [7, 11) is 1.51. The van der Waals surface area contributed by atoms with Crippen molar-refractivity contribution in [2.24, 2.45) is 0 Å². The summed E-state index contributed by atoms with van der Waals surface area (Å²) in [5, 5.41) is 5.63. The van der Waals surface area contributed by atoms with E-state index in [0.717, 1.165) is 12.0 Å². The van der Waals surface area contributed by atoms with Crippen molar-refractivity contribution in [2.75, 3.05) is 19.0 Å². The molecule has 1 aromatic carbocycles. The van der Waals surface area contributed by atoms with Crippen LogP contribution in [0.5, 0.6) is 5.88 Å². The Morgan fingerprint density at radius 1 is 1.12 bits per heavy atom. The van der Waals surface area contributed by atoms with Crippen LogP contribution in [0.3, 0.4) is 0 Å². The number of anilines is 1. The number of hydrogen-bond acceptors (Lipinski definition) is 4. The van der Waals surface area contributed by atoms with Crippen molar-refractivity contribution < 1.29 is 14.3 Å². The monoisotopic (exact) mass is 327 g/mol. The molecular formula is C18H21N3O3. The van der Waals surface area contributed by atoms with E-state index in [0.29, 0.717) is 29.2 Å². The van der Waals surface area contributed by atoms with Gasteiger partial charge in [0.05, 0.1) is 12.7 Å². The molecule has 0 spiro atoms. The lowest BCUT2D eigenvalue weighted by atomic mass is 10.1. The second-order valence-corrected chi connectivity index (χ2v) is 5.33. The molecule has 0 aliphatic carbocycles. The molecule has 0 fully saturated rings. The molecule has 0 bridgehead atoms. The minimum Gasteiger partial charge on any atom is -0.481 e. The van der Waals surface area contributed by atoms with E-state index in [-0.39, 0.29) is 11.8 Å². The summed E-state index contributed by atoms with van der Waals surface area (Å²) in [6.07, 6.45) is 2.31. The first-order chi connectivity index (χ1) is 11.5. The Kier molecular flexibility index (Phi) is 5.89. The highest BCUT2D eigenvalue weighted by atomic mass is 16.5. The molecule has 0 aliphatic heterocycles. The van der Waals surface area contributed by atoms with Crippen LogP contribution >= 0.6 is 0 Å². The van der Waals surface area contributed by atoms with Gasteiger partial charge in [-0.05, 0) is 37.1 Å². The molecule has 2 amide bonds. The van der Waals surface area contributed by atoms with Gasteiger partial charge in [-0.25, -0.2) is 4.98 Å². The molecule has 0 saturated carbocycles. The van der Waals surface area contributed by atoms with Gasteiger partial charge in [-0.1, -0.05) is 13.0 Å². The summed E-state index contributed by atoms with van der Waals surface area (Å²) in [5.41, 5.74) is 2.39. The molecule has 24 heavy (non-hydrogen) atoms. The summed E-state index contributed by atoms with van der Waals surface area (Å²) >= 11 is 0. The minimum absolute atomic E-state index is 0.154. The summed E-state index contributed by atoms with van der Waals surface area (Å²) in [5.74, 6) is -0.00449. The van der Waals surface area contributed by atoms with E-state index in [2.05, 4.69) is 15.6 Å². The second-order valence-electron chi connectivity index (χ2n) is 5.33. The van der Waals surface area contributed by atoms with E-state index in [1.165, 1.54) is 13.3 Å². The number of hydrogen-bond donors (Lipinski definition) is 2. The molecule has 0 radical (unpaired) electrons. The summed E-state index contributed by atoms with van der Waals surface area (Å²) in [4.78, 5) is 28.4. The fraction of sp³-hybridized carbons (Fsp3) is 0.278. The van der Waals surface area contributed by atoms with Gasteiger partial charge in [0.25, 0.3) is 11.8 Å². The van der Waals surface area contributed by atoms with Crippen LogP contribution in [0.4, 0.5) is 5.69 Å². The van der Waals surface area contributed by atoms with Crippen molar-refractivity contribution in [1.29, 1.82) is 0 Å². The standard InChI is InChI=1S/C18H21N3O3/c1-4-9-19-17(22)13-6-5-12(2)15(10-13)21-18(23)14-7-8-16(24-3)20-11-14/h5-8,10-11H,4,9H2,1-3H3,(H,19,22)(H,21,23). The van der Waals surface area contributed by atoms with E-state index in [9.17, 15) is 9.59 Å². The third-order valence-corrected chi connectivity index (χ3v) is 3.49. The Labute approximate surface area is 141 Å². The Balaban J connectivity index is 2.15. The van der Waals surface area contributed by atoms with Crippen molar-refractivity contribution in [2.45, 2.75) is 20.3 Å². The van der Waals surface area contributed by atoms with E-state index in [1.807, 2.05) is 19.9 Å². The molecule has 1 aromatic heterocycles. The van der Waals surface area contributed by atoms with E-state index in [4.69, 9.17) is 4.74 Å². The predicted octanol–water partition coefficient (Wildman–Crippen LogP) is 2.79. The number of aromatic nitrogens is 1. The van der Waals surface area contributed by atoms with Crippen LogP contribution in [-0.4, -0.2) is 30.5 Å². The van der Waals surface area contributed by atoms with Gasteiger partial charge < -0.3 is 15.4 Å². The quantitative estimate of drug-likeness (QED) is 0.855. The van der Waals surface area contributed by atoms with Crippen molar-refractivity contribution in [1.82, 2.24) is 10.3 Å². The van der Waals surface area contributed by atoms with Gasteiger partial charge in [0, 0.05) is 30.1 Å². The summed E-state index contributed by atoms with van der Waals surface area (Å²) < 4.78 is 4.97. The first-order valence-corrected chi connectivity index (χ1v) is 7.75. The van der Waals surface area contributed by atoms with Gasteiger partial charge in [-0.2, -0.15) is 0 Å². The maximum atomic E-state index is 12.3. The van der Waals surface area contributed by atoms with E-state index >= 15 is 0 Å². The number of methoxy groups -OCH3 is 1. The number of nitrogens with one attached hydrogen (secondary N) is 2. The topological polar surface area (TPSA) is 80.3 Å². The number of benzene rings is 1. The summed E-state index contributed by atoms with van der Waals surface area (Å²) in [6, 6.07) is 8.48. The number of pyridine rings is 1. The van der Waals surface area contributed by atoms with Crippen LogP contribution in [0.15, 0.2) is 36.5 Å². The van der Waals surface area contributed by atoms with Gasteiger partial charge >= 0.3 is 0 Å². The average Bonchev–Trinajstić information content (AvgIpc) is 2.61. The molecule has 2 N–H and O–H groups in total. The largest absolute Gasteiger partial charge is 0.481 e. The highest BCUT2D eigenvalue weighted by Gasteiger charge is 2.11. The molecular weight excluding hydrogens is 306 g/mol. The van der Waals surface area contributed by atoms with E-state index in [1.54, 1.807) is 24.3 Å². The number of nitrogens with zero attached hydrogens (tertiary/aromatic N) is 1. The van der Waals surface area contributed by atoms with Gasteiger partial charge in [0.1, 0.15) is 0 Å². The van der Waals surface area contributed by atoms with Gasteiger partial charge in [0.15, 0.2) is 0 Å². The zero-order chi connectivity index (χ0) is 17.5. The molecule has 0 unspecified atom stereocenters. The highest BCUT2D eigenvalue weighted by molar-refractivity contribution is 6.05. The maximum absolute atomic E-state index is 12.3. The first-order valence-electron chi connectivity index (χ1n) is 7.75. The third-order valence-electron chi connectivity index (χ3n) is 3.49. The fourth-order valence-corrected chi connectivity index (χ4v) is 2.07. The Hall–Kier alpha value is -2.89. The number of ether oxygens (including phenoxy) is 1. The van der Waals surface area contributed by atoms with Crippen LogP contribution in [0, 0.1) is 6.92 Å². The van der Waals surface area contributed by atoms with E-state index < -0.39 is 0 Å². The smallest absolute Gasteiger partial charge is 0.257 e. The molecule has 0 aliphatic rings. The number of carbonyl (C=O) groups excluding carboxylic acids is 2. The lowest BCUT2D eigenvalue weighted by molar-refractivity contribution is 0.0952. The molecule has 2 rings (SSSR count). The lowest BCUT2D eigenvalue weighted by Gasteiger charge is -2.11. The second kappa shape index (κ2) is 8.10. The molecule has 0 atom stereocenters. The third kappa shape index (κ3) is 4.32. The molecule has 6 nitrogen and oxygen atoms in total. The predicted molar refractivity (Wildman–Crippen MR) is 92.5 cm³/mol. The Bertz CT molecular complexity index is 727. The average molecular weight is 327 g/mol. The molecule has 6 heteroatoms. The Morgan fingerprint density at radius 2 is 1.88 bits per heavy atom. The SMILES string of the molecule is CCCNC(=O)c1ccc(C)c(NC(=O)c2ccc(OC)nc2)c1. The maximum Gasteiger partial charge on any atom is 0.257 e. The zero-order valence-corrected chi connectivity index (χ0v) is 14.1. The van der Waals surface area contributed by atoms with Crippen LogP contribution in [0.2, 0.25) is 0 Å². The normalized spacial score (nSPS) is 10.1. The van der Waals surface area contributed by atoms with Crippen LogP contribution < -0.4 is 15.4 Å². The number of aryl methyl sites for hydroxylation is 1. The van der Waals surface area contributed by atoms with Gasteiger partial charge in [-0.15, -0.1) is 0 Å². The molecule has 126 valence electrons. The highest BCUT2D eigenvalue weighted by Crippen LogP contribution is 2.18.